The average molecular weight is 309 g/mol. The normalized spacial score (nSPS) is 10.9. The molecule has 2 heterocycles. The van der Waals surface area contributed by atoms with Gasteiger partial charge in [-0.25, -0.2) is 14.6 Å². The van der Waals surface area contributed by atoms with E-state index in [2.05, 4.69) is 25.6 Å². The quantitative estimate of drug-likeness (QED) is 0.804. The zero-order valence-corrected chi connectivity index (χ0v) is 12.0. The van der Waals surface area contributed by atoms with Gasteiger partial charge in [0, 0.05) is 12.2 Å². The maximum atomic E-state index is 5.99. The Kier molecular flexibility index (Phi) is 3.42. The third-order valence-corrected chi connectivity index (χ3v) is 3.52. The van der Waals surface area contributed by atoms with E-state index >= 15 is 0 Å². The highest BCUT2D eigenvalue weighted by atomic mass is 35.5. The lowest BCUT2D eigenvalue weighted by atomic mass is 10.3. The Bertz CT molecular complexity index is 770. The van der Waals surface area contributed by atoms with Crippen LogP contribution >= 0.6 is 23.2 Å². The van der Waals surface area contributed by atoms with E-state index < -0.39 is 0 Å². The summed E-state index contributed by atoms with van der Waals surface area (Å²) in [6.45, 7) is 2.67. The molecular formula is C12H10Cl2N6. The van der Waals surface area contributed by atoms with Crippen LogP contribution in [0.25, 0.3) is 11.2 Å². The lowest BCUT2D eigenvalue weighted by molar-refractivity contribution is 0.641. The van der Waals surface area contributed by atoms with Crippen molar-refractivity contribution in [1.29, 1.82) is 0 Å². The van der Waals surface area contributed by atoms with Crippen molar-refractivity contribution in [2.75, 3.05) is 5.32 Å². The van der Waals surface area contributed by atoms with Gasteiger partial charge in [-0.3, -0.25) is 0 Å². The summed E-state index contributed by atoms with van der Waals surface area (Å²) in [7, 11) is 0. The van der Waals surface area contributed by atoms with E-state index in [1.165, 1.54) is 6.33 Å². The first-order valence-electron chi connectivity index (χ1n) is 5.95. The molecule has 0 bridgehead atoms. The summed E-state index contributed by atoms with van der Waals surface area (Å²) in [6, 6.07) is 5.25. The predicted octanol–water partition coefficient (Wildman–Crippen LogP) is 3.29. The van der Waals surface area contributed by atoms with Crippen molar-refractivity contribution in [2.24, 2.45) is 0 Å². The standard InChI is InChI=1S/C12H10Cl2N6/c1-2-20-12-10(18-19-20)11(15-6-16-12)17-7-3-4-8(13)9(14)5-7/h3-6H,2H2,1H3,(H,15,16,17). The number of nitrogens with one attached hydrogen (secondary N) is 1. The summed E-state index contributed by atoms with van der Waals surface area (Å²) in [5, 5.41) is 12.2. The van der Waals surface area contributed by atoms with Crippen LogP contribution in [0.15, 0.2) is 24.5 Å². The van der Waals surface area contributed by atoms with Gasteiger partial charge in [0.05, 0.1) is 10.0 Å². The second-order valence-electron chi connectivity index (χ2n) is 4.05. The molecule has 0 fully saturated rings. The van der Waals surface area contributed by atoms with Gasteiger partial charge in [0.2, 0.25) is 0 Å². The molecule has 1 aromatic carbocycles. The van der Waals surface area contributed by atoms with E-state index in [0.29, 0.717) is 33.6 Å². The van der Waals surface area contributed by atoms with Gasteiger partial charge in [0.15, 0.2) is 17.0 Å². The Balaban J connectivity index is 2.02. The SMILES string of the molecule is CCn1nnc2c(Nc3ccc(Cl)c(Cl)c3)ncnc21. The number of nitrogens with zero attached hydrogens (tertiary/aromatic N) is 5. The Morgan fingerprint density at radius 1 is 1.20 bits per heavy atom. The van der Waals surface area contributed by atoms with Gasteiger partial charge >= 0.3 is 0 Å². The molecule has 1 N–H and O–H groups in total. The molecule has 0 aliphatic heterocycles. The monoisotopic (exact) mass is 308 g/mol. The topological polar surface area (TPSA) is 68.5 Å². The van der Waals surface area contributed by atoms with Crippen molar-refractivity contribution < 1.29 is 0 Å². The van der Waals surface area contributed by atoms with Gasteiger partial charge in [-0.15, -0.1) is 5.10 Å². The van der Waals surface area contributed by atoms with Gasteiger partial charge in [-0.05, 0) is 25.1 Å². The van der Waals surface area contributed by atoms with Crippen LogP contribution < -0.4 is 5.32 Å². The number of anilines is 2. The molecule has 0 aliphatic carbocycles. The first kappa shape index (κ1) is 13.1. The minimum atomic E-state index is 0.471. The Hall–Kier alpha value is -1.92. The van der Waals surface area contributed by atoms with E-state index in [1.54, 1.807) is 16.8 Å². The highest BCUT2D eigenvalue weighted by Gasteiger charge is 2.11. The third kappa shape index (κ3) is 2.28. The number of hydrogen-bond donors (Lipinski definition) is 1. The molecule has 6 nitrogen and oxygen atoms in total. The maximum absolute atomic E-state index is 5.99. The summed E-state index contributed by atoms with van der Waals surface area (Å²) < 4.78 is 1.71. The maximum Gasteiger partial charge on any atom is 0.183 e. The van der Waals surface area contributed by atoms with Crippen molar-refractivity contribution in [1.82, 2.24) is 25.0 Å². The van der Waals surface area contributed by atoms with E-state index in [1.807, 2.05) is 13.0 Å². The molecular weight excluding hydrogens is 299 g/mol. The zero-order valence-electron chi connectivity index (χ0n) is 10.5. The fourth-order valence-electron chi connectivity index (χ4n) is 1.81. The predicted molar refractivity (Wildman–Crippen MR) is 78.5 cm³/mol. The lowest BCUT2D eigenvalue weighted by Crippen LogP contribution is -1.99. The van der Waals surface area contributed by atoms with Crippen LogP contribution in [-0.4, -0.2) is 25.0 Å². The second kappa shape index (κ2) is 5.22. The number of benzene rings is 1. The van der Waals surface area contributed by atoms with E-state index in [9.17, 15) is 0 Å². The molecule has 102 valence electrons. The molecule has 0 saturated heterocycles. The fraction of sp³-hybridized carbons (Fsp3) is 0.167. The second-order valence-corrected chi connectivity index (χ2v) is 4.87. The zero-order chi connectivity index (χ0) is 14.1. The number of hydrogen-bond acceptors (Lipinski definition) is 5. The highest BCUT2D eigenvalue weighted by Crippen LogP contribution is 2.27. The largest absolute Gasteiger partial charge is 0.338 e. The number of halogens is 2. The van der Waals surface area contributed by atoms with Crippen molar-refractivity contribution in [3.63, 3.8) is 0 Å². The van der Waals surface area contributed by atoms with Crippen molar-refractivity contribution in [3.05, 3.63) is 34.6 Å². The van der Waals surface area contributed by atoms with E-state index in [-0.39, 0.29) is 0 Å². The molecule has 0 spiro atoms. The number of fused-ring (bicyclic) bond motifs is 1. The Labute approximate surface area is 124 Å². The Morgan fingerprint density at radius 2 is 2.05 bits per heavy atom. The molecule has 0 aliphatic rings. The first-order valence-corrected chi connectivity index (χ1v) is 6.71. The molecule has 8 heteroatoms. The summed E-state index contributed by atoms with van der Waals surface area (Å²) >= 11 is 11.9. The minimum absolute atomic E-state index is 0.471. The first-order chi connectivity index (χ1) is 9.69. The van der Waals surface area contributed by atoms with Gasteiger partial charge in [-0.1, -0.05) is 28.4 Å². The van der Waals surface area contributed by atoms with Crippen LogP contribution in [0.5, 0.6) is 0 Å². The minimum Gasteiger partial charge on any atom is -0.338 e. The fourth-order valence-corrected chi connectivity index (χ4v) is 2.10. The van der Waals surface area contributed by atoms with Crippen molar-refractivity contribution >= 4 is 45.9 Å². The van der Waals surface area contributed by atoms with Gasteiger partial charge in [0.1, 0.15) is 6.33 Å². The molecule has 0 radical (unpaired) electrons. The average Bonchev–Trinajstić information content (AvgIpc) is 2.87. The van der Waals surface area contributed by atoms with E-state index in [4.69, 9.17) is 23.2 Å². The summed E-state index contributed by atoms with van der Waals surface area (Å²) in [4.78, 5) is 8.37. The molecule has 20 heavy (non-hydrogen) atoms. The molecule has 0 atom stereocenters. The number of aryl methyl sites for hydroxylation is 1. The van der Waals surface area contributed by atoms with Gasteiger partial charge in [0.25, 0.3) is 0 Å². The summed E-state index contributed by atoms with van der Waals surface area (Å²) in [6.07, 6.45) is 1.47. The van der Waals surface area contributed by atoms with Crippen LogP contribution in [0.1, 0.15) is 6.92 Å². The van der Waals surface area contributed by atoms with Gasteiger partial charge in [-0.2, -0.15) is 0 Å². The van der Waals surface area contributed by atoms with Crippen LogP contribution in [0.3, 0.4) is 0 Å². The van der Waals surface area contributed by atoms with Crippen LogP contribution in [0, 0.1) is 0 Å². The third-order valence-electron chi connectivity index (χ3n) is 2.78. The summed E-state index contributed by atoms with van der Waals surface area (Å²) in [5.74, 6) is 0.577. The van der Waals surface area contributed by atoms with Crippen LogP contribution in [0.4, 0.5) is 11.5 Å². The highest BCUT2D eigenvalue weighted by molar-refractivity contribution is 6.42. The number of rotatable bonds is 3. The number of aromatic nitrogens is 5. The lowest BCUT2D eigenvalue weighted by Gasteiger charge is -2.06. The molecule has 0 amide bonds. The van der Waals surface area contributed by atoms with E-state index in [0.717, 1.165) is 5.69 Å². The molecule has 0 saturated carbocycles. The molecule has 3 aromatic rings. The van der Waals surface area contributed by atoms with Crippen molar-refractivity contribution in [3.8, 4) is 0 Å². The van der Waals surface area contributed by atoms with Crippen LogP contribution in [0.2, 0.25) is 10.0 Å². The molecule has 3 rings (SSSR count). The Morgan fingerprint density at radius 3 is 2.80 bits per heavy atom. The smallest absolute Gasteiger partial charge is 0.183 e. The van der Waals surface area contributed by atoms with Crippen molar-refractivity contribution in [2.45, 2.75) is 13.5 Å². The molecule has 2 aromatic heterocycles. The summed E-state index contributed by atoms with van der Waals surface area (Å²) in [5.41, 5.74) is 2.07. The van der Waals surface area contributed by atoms with Gasteiger partial charge < -0.3 is 5.32 Å². The van der Waals surface area contributed by atoms with Crippen LogP contribution in [-0.2, 0) is 6.54 Å². The molecule has 0 unspecified atom stereocenters.